The number of hydrogen-bond donors (Lipinski definition) is 1. The van der Waals surface area contributed by atoms with E-state index in [-0.39, 0.29) is 6.10 Å². The molecule has 1 fully saturated rings. The fraction of sp³-hybridized carbons (Fsp3) is 0.700. The Labute approximate surface area is 88.6 Å². The molecular weight excluding hydrogens is 196 g/mol. The van der Waals surface area contributed by atoms with Gasteiger partial charge in [0.15, 0.2) is 11.7 Å². The predicted octanol–water partition coefficient (Wildman–Crippen LogP) is 0.654. The first-order valence-electron chi connectivity index (χ1n) is 5.24. The van der Waals surface area contributed by atoms with E-state index in [4.69, 9.17) is 19.6 Å². The van der Waals surface area contributed by atoms with Crippen molar-refractivity contribution < 1.29 is 13.9 Å². The molecule has 5 nitrogen and oxygen atoms in total. The summed E-state index contributed by atoms with van der Waals surface area (Å²) in [6.07, 6.45) is 3.29. The minimum atomic E-state index is -0.0992. The van der Waals surface area contributed by atoms with Gasteiger partial charge in [0.25, 0.3) is 0 Å². The molecule has 1 aliphatic heterocycles. The summed E-state index contributed by atoms with van der Waals surface area (Å²) >= 11 is 0. The Morgan fingerprint density at radius 3 is 3.13 bits per heavy atom. The summed E-state index contributed by atoms with van der Waals surface area (Å²) < 4.78 is 16.3. The lowest BCUT2D eigenvalue weighted by Gasteiger charge is -2.20. The van der Waals surface area contributed by atoms with Crippen LogP contribution in [0.4, 0.5) is 0 Å². The number of nitrogens with two attached hydrogens (primary N) is 1. The van der Waals surface area contributed by atoms with Crippen LogP contribution < -0.4 is 5.73 Å². The quantitative estimate of drug-likeness (QED) is 0.793. The van der Waals surface area contributed by atoms with E-state index in [0.717, 1.165) is 24.5 Å². The summed E-state index contributed by atoms with van der Waals surface area (Å²) in [4.78, 5) is 4.17. The summed E-state index contributed by atoms with van der Waals surface area (Å²) in [5.41, 5.74) is 5.41. The zero-order chi connectivity index (χ0) is 10.5. The molecule has 0 amide bonds. The van der Waals surface area contributed by atoms with E-state index in [1.807, 2.05) is 0 Å². The molecule has 0 spiro atoms. The van der Waals surface area contributed by atoms with Crippen molar-refractivity contribution in [2.24, 2.45) is 5.73 Å². The SMILES string of the molecule is NCCCc1ncc(C2COCCO2)o1. The number of aromatic nitrogens is 1. The maximum atomic E-state index is 5.55. The van der Waals surface area contributed by atoms with Crippen LogP contribution in [0.15, 0.2) is 10.6 Å². The predicted molar refractivity (Wildman–Crippen MR) is 53.4 cm³/mol. The number of rotatable bonds is 4. The first-order valence-corrected chi connectivity index (χ1v) is 5.24. The van der Waals surface area contributed by atoms with Crippen molar-refractivity contribution in [3.63, 3.8) is 0 Å². The average molecular weight is 212 g/mol. The molecule has 2 rings (SSSR count). The maximum absolute atomic E-state index is 5.55. The lowest BCUT2D eigenvalue weighted by atomic mass is 10.3. The summed E-state index contributed by atoms with van der Waals surface area (Å²) in [6, 6.07) is 0. The molecule has 1 aliphatic rings. The minimum Gasteiger partial charge on any atom is -0.443 e. The van der Waals surface area contributed by atoms with Crippen LogP contribution in [-0.2, 0) is 15.9 Å². The molecule has 2 N–H and O–H groups in total. The number of nitrogens with zero attached hydrogens (tertiary/aromatic N) is 1. The van der Waals surface area contributed by atoms with Crippen LogP contribution in [0.25, 0.3) is 0 Å². The van der Waals surface area contributed by atoms with Crippen LogP contribution in [0.2, 0.25) is 0 Å². The lowest BCUT2D eigenvalue weighted by Crippen LogP contribution is -2.21. The highest BCUT2D eigenvalue weighted by atomic mass is 16.6. The Morgan fingerprint density at radius 2 is 2.40 bits per heavy atom. The van der Waals surface area contributed by atoms with Crippen molar-refractivity contribution in [1.82, 2.24) is 4.98 Å². The lowest BCUT2D eigenvalue weighted by molar-refractivity contribution is -0.0978. The van der Waals surface area contributed by atoms with Crippen LogP contribution in [0, 0.1) is 0 Å². The van der Waals surface area contributed by atoms with Crippen LogP contribution >= 0.6 is 0 Å². The smallest absolute Gasteiger partial charge is 0.194 e. The molecule has 0 bridgehead atoms. The summed E-state index contributed by atoms with van der Waals surface area (Å²) in [6.45, 7) is 2.47. The number of hydrogen-bond acceptors (Lipinski definition) is 5. The zero-order valence-corrected chi connectivity index (χ0v) is 8.65. The van der Waals surface area contributed by atoms with Crippen molar-refractivity contribution in [3.05, 3.63) is 17.8 Å². The highest BCUT2D eigenvalue weighted by Crippen LogP contribution is 2.21. The zero-order valence-electron chi connectivity index (χ0n) is 8.65. The topological polar surface area (TPSA) is 70.5 Å². The van der Waals surface area contributed by atoms with E-state index in [1.165, 1.54) is 0 Å². The molecule has 0 radical (unpaired) electrons. The van der Waals surface area contributed by atoms with Crippen molar-refractivity contribution in [2.45, 2.75) is 18.9 Å². The van der Waals surface area contributed by atoms with Crippen molar-refractivity contribution in [2.75, 3.05) is 26.4 Å². The fourth-order valence-corrected chi connectivity index (χ4v) is 1.49. The van der Waals surface area contributed by atoms with Gasteiger partial charge in [-0.05, 0) is 13.0 Å². The third-order valence-corrected chi connectivity index (χ3v) is 2.30. The van der Waals surface area contributed by atoms with Gasteiger partial charge in [-0.25, -0.2) is 4.98 Å². The second-order valence-electron chi connectivity index (χ2n) is 3.48. The van der Waals surface area contributed by atoms with E-state index in [0.29, 0.717) is 26.4 Å². The van der Waals surface area contributed by atoms with E-state index in [9.17, 15) is 0 Å². The van der Waals surface area contributed by atoms with Gasteiger partial charge in [-0.15, -0.1) is 0 Å². The Hall–Kier alpha value is -0.910. The van der Waals surface area contributed by atoms with E-state index in [1.54, 1.807) is 6.20 Å². The third-order valence-electron chi connectivity index (χ3n) is 2.30. The molecule has 1 aromatic heterocycles. The molecule has 1 saturated heterocycles. The first-order chi connectivity index (χ1) is 7.40. The average Bonchev–Trinajstić information content (AvgIpc) is 2.76. The molecule has 1 aromatic rings. The van der Waals surface area contributed by atoms with Crippen molar-refractivity contribution in [3.8, 4) is 0 Å². The van der Waals surface area contributed by atoms with Gasteiger partial charge >= 0.3 is 0 Å². The van der Waals surface area contributed by atoms with Crippen molar-refractivity contribution >= 4 is 0 Å². The number of oxazole rings is 1. The minimum absolute atomic E-state index is 0.0992. The number of aryl methyl sites for hydroxylation is 1. The fourth-order valence-electron chi connectivity index (χ4n) is 1.49. The molecular formula is C10H16N2O3. The van der Waals surface area contributed by atoms with E-state index < -0.39 is 0 Å². The normalized spacial score (nSPS) is 21.8. The van der Waals surface area contributed by atoms with Gasteiger partial charge in [0.2, 0.25) is 0 Å². The molecule has 0 saturated carbocycles. The largest absolute Gasteiger partial charge is 0.443 e. The van der Waals surface area contributed by atoms with Crippen molar-refractivity contribution in [1.29, 1.82) is 0 Å². The van der Waals surface area contributed by atoms with Gasteiger partial charge in [-0.1, -0.05) is 0 Å². The summed E-state index contributed by atoms with van der Waals surface area (Å²) in [7, 11) is 0. The second kappa shape index (κ2) is 5.25. The Morgan fingerprint density at radius 1 is 1.47 bits per heavy atom. The highest BCUT2D eigenvalue weighted by molar-refractivity contribution is 4.99. The standard InChI is InChI=1S/C10H16N2O3/c11-3-1-2-10-12-6-8(15-10)9-7-13-4-5-14-9/h6,9H,1-5,7,11H2. The van der Waals surface area contributed by atoms with Crippen LogP contribution in [0.5, 0.6) is 0 Å². The Balaban J connectivity index is 1.93. The molecule has 0 aromatic carbocycles. The van der Waals surface area contributed by atoms with Gasteiger partial charge < -0.3 is 19.6 Å². The molecule has 2 heterocycles. The molecule has 84 valence electrons. The molecule has 15 heavy (non-hydrogen) atoms. The van der Waals surface area contributed by atoms with Crippen LogP contribution in [0.1, 0.15) is 24.2 Å². The summed E-state index contributed by atoms with van der Waals surface area (Å²) in [5.74, 6) is 1.48. The maximum Gasteiger partial charge on any atom is 0.194 e. The second-order valence-corrected chi connectivity index (χ2v) is 3.48. The number of ether oxygens (including phenoxy) is 2. The monoisotopic (exact) mass is 212 g/mol. The van der Waals surface area contributed by atoms with Gasteiger partial charge in [-0.3, -0.25) is 0 Å². The van der Waals surface area contributed by atoms with E-state index in [2.05, 4.69) is 4.98 Å². The summed E-state index contributed by atoms with van der Waals surface area (Å²) in [5, 5.41) is 0. The van der Waals surface area contributed by atoms with Gasteiger partial charge in [0.05, 0.1) is 26.0 Å². The van der Waals surface area contributed by atoms with Crippen LogP contribution in [-0.4, -0.2) is 31.3 Å². The molecule has 5 heteroatoms. The first kappa shape index (κ1) is 10.6. The van der Waals surface area contributed by atoms with Crippen LogP contribution in [0.3, 0.4) is 0 Å². The van der Waals surface area contributed by atoms with Gasteiger partial charge in [0.1, 0.15) is 6.10 Å². The molecule has 0 aliphatic carbocycles. The molecule has 1 unspecified atom stereocenters. The Bertz CT molecular complexity index is 295. The van der Waals surface area contributed by atoms with Gasteiger partial charge in [-0.2, -0.15) is 0 Å². The third kappa shape index (κ3) is 2.77. The molecule has 1 atom stereocenters. The van der Waals surface area contributed by atoms with E-state index >= 15 is 0 Å². The Kier molecular flexibility index (Phi) is 3.71. The highest BCUT2D eigenvalue weighted by Gasteiger charge is 2.20. The van der Waals surface area contributed by atoms with Gasteiger partial charge in [0, 0.05) is 6.42 Å².